The Morgan fingerprint density at radius 1 is 1.33 bits per heavy atom. The highest BCUT2D eigenvalue weighted by atomic mass is 16.4. The normalized spacial score (nSPS) is 13.2. The number of hydrogen-bond acceptors (Lipinski definition) is 3. The third-order valence-corrected chi connectivity index (χ3v) is 2.66. The molecule has 6 heteroatoms. The molecule has 0 aliphatic heterocycles. The second kappa shape index (κ2) is 7.20. The Balaban J connectivity index is 3.94. The van der Waals surface area contributed by atoms with Crippen LogP contribution < -0.4 is 10.6 Å². The predicted molar refractivity (Wildman–Crippen MR) is 70.6 cm³/mol. The van der Waals surface area contributed by atoms with Gasteiger partial charge in [-0.2, -0.15) is 0 Å². The van der Waals surface area contributed by atoms with Crippen LogP contribution >= 0.6 is 0 Å². The summed E-state index contributed by atoms with van der Waals surface area (Å²) in [5.74, 6) is -0.927. The lowest BCUT2D eigenvalue weighted by Gasteiger charge is -2.21. The van der Waals surface area contributed by atoms with Gasteiger partial charge in [0, 0.05) is 12.6 Å². The van der Waals surface area contributed by atoms with Gasteiger partial charge in [-0.25, -0.2) is 4.79 Å². The molecule has 106 valence electrons. The molecule has 0 rings (SSSR count). The van der Waals surface area contributed by atoms with Gasteiger partial charge in [-0.15, -0.1) is 0 Å². The summed E-state index contributed by atoms with van der Waals surface area (Å²) in [7, 11) is 3.95. The maximum Gasteiger partial charge on any atom is 0.315 e. The molecule has 0 heterocycles. The van der Waals surface area contributed by atoms with Gasteiger partial charge in [0.05, 0.1) is 5.41 Å². The monoisotopic (exact) mass is 259 g/mol. The van der Waals surface area contributed by atoms with E-state index in [9.17, 15) is 9.59 Å². The van der Waals surface area contributed by atoms with Gasteiger partial charge in [0.25, 0.3) is 0 Å². The Labute approximate surface area is 109 Å². The summed E-state index contributed by atoms with van der Waals surface area (Å²) in [4.78, 5) is 24.4. The number of nitrogens with zero attached hydrogens (tertiary/aromatic N) is 1. The van der Waals surface area contributed by atoms with Crippen LogP contribution in [0.4, 0.5) is 4.79 Å². The van der Waals surface area contributed by atoms with Crippen LogP contribution in [-0.2, 0) is 4.79 Å². The van der Waals surface area contributed by atoms with Gasteiger partial charge >= 0.3 is 12.0 Å². The first-order chi connectivity index (χ1) is 8.15. The fourth-order valence-corrected chi connectivity index (χ4v) is 1.18. The lowest BCUT2D eigenvalue weighted by Crippen LogP contribution is -2.46. The van der Waals surface area contributed by atoms with E-state index in [4.69, 9.17) is 5.11 Å². The molecule has 0 aliphatic carbocycles. The van der Waals surface area contributed by atoms with Gasteiger partial charge in [0.1, 0.15) is 0 Å². The van der Waals surface area contributed by atoms with Crippen LogP contribution in [0, 0.1) is 5.41 Å². The number of urea groups is 1. The molecule has 3 N–H and O–H groups in total. The second-order valence-electron chi connectivity index (χ2n) is 5.51. The maximum atomic E-state index is 11.5. The zero-order valence-electron chi connectivity index (χ0n) is 11.9. The fraction of sp³-hybridized carbons (Fsp3) is 0.833. The molecule has 1 atom stereocenters. The summed E-state index contributed by atoms with van der Waals surface area (Å²) < 4.78 is 0. The molecule has 0 bridgehead atoms. The number of aliphatic carboxylic acids is 1. The SMILES string of the molecule is CC(CCN(C)C)NC(=O)NCC(C)(C)C(=O)O. The van der Waals surface area contributed by atoms with E-state index in [0.717, 1.165) is 13.0 Å². The summed E-state index contributed by atoms with van der Waals surface area (Å²) in [5, 5.41) is 14.3. The lowest BCUT2D eigenvalue weighted by molar-refractivity contribution is -0.146. The van der Waals surface area contributed by atoms with Crippen LogP contribution in [0.3, 0.4) is 0 Å². The van der Waals surface area contributed by atoms with Crippen molar-refractivity contribution in [3.63, 3.8) is 0 Å². The molecular weight excluding hydrogens is 234 g/mol. The van der Waals surface area contributed by atoms with E-state index >= 15 is 0 Å². The largest absolute Gasteiger partial charge is 0.481 e. The third kappa shape index (κ3) is 7.11. The van der Waals surface area contributed by atoms with Crippen molar-refractivity contribution in [3.05, 3.63) is 0 Å². The van der Waals surface area contributed by atoms with E-state index in [0.29, 0.717) is 0 Å². The van der Waals surface area contributed by atoms with Gasteiger partial charge in [-0.1, -0.05) is 0 Å². The number of carboxylic acids is 1. The number of carboxylic acid groups (broad SMARTS) is 1. The predicted octanol–water partition coefficient (Wildman–Crippen LogP) is 0.737. The van der Waals surface area contributed by atoms with Gasteiger partial charge in [0.15, 0.2) is 0 Å². The number of nitrogens with one attached hydrogen (secondary N) is 2. The van der Waals surface area contributed by atoms with Crippen molar-refractivity contribution in [2.24, 2.45) is 5.41 Å². The Kier molecular flexibility index (Phi) is 6.68. The van der Waals surface area contributed by atoms with E-state index in [1.807, 2.05) is 25.9 Å². The number of carbonyl (C=O) groups is 2. The average Bonchev–Trinajstić information content (AvgIpc) is 2.23. The van der Waals surface area contributed by atoms with E-state index in [2.05, 4.69) is 10.6 Å². The first-order valence-corrected chi connectivity index (χ1v) is 6.07. The Morgan fingerprint density at radius 2 is 1.89 bits per heavy atom. The van der Waals surface area contributed by atoms with Crippen LogP contribution in [0.2, 0.25) is 0 Å². The average molecular weight is 259 g/mol. The molecule has 0 spiro atoms. The molecule has 0 fully saturated rings. The Bertz CT molecular complexity index is 290. The van der Waals surface area contributed by atoms with Crippen molar-refractivity contribution in [2.45, 2.75) is 33.2 Å². The van der Waals surface area contributed by atoms with Gasteiger partial charge in [0.2, 0.25) is 0 Å². The molecule has 0 aliphatic rings. The highest BCUT2D eigenvalue weighted by Gasteiger charge is 2.27. The second-order valence-corrected chi connectivity index (χ2v) is 5.51. The summed E-state index contributed by atoms with van der Waals surface area (Å²) in [5.41, 5.74) is -0.954. The van der Waals surface area contributed by atoms with Crippen molar-refractivity contribution in [1.29, 1.82) is 0 Å². The topological polar surface area (TPSA) is 81.7 Å². The standard InChI is InChI=1S/C12H25N3O3/c1-9(6-7-15(4)5)14-11(18)13-8-12(2,3)10(16)17/h9H,6-8H2,1-5H3,(H,16,17)(H2,13,14,18). The molecule has 18 heavy (non-hydrogen) atoms. The highest BCUT2D eigenvalue weighted by Crippen LogP contribution is 2.12. The summed E-state index contributed by atoms with van der Waals surface area (Å²) in [6, 6.07) is -0.268. The molecule has 0 radical (unpaired) electrons. The van der Waals surface area contributed by atoms with Crippen molar-refractivity contribution in [3.8, 4) is 0 Å². The van der Waals surface area contributed by atoms with E-state index in [1.54, 1.807) is 13.8 Å². The van der Waals surface area contributed by atoms with Crippen LogP contribution in [-0.4, -0.2) is 55.2 Å². The molecule has 0 aromatic rings. The minimum atomic E-state index is -0.954. The van der Waals surface area contributed by atoms with Gasteiger partial charge in [-0.3, -0.25) is 4.79 Å². The summed E-state index contributed by atoms with van der Waals surface area (Å²) in [6.45, 7) is 6.07. The highest BCUT2D eigenvalue weighted by molar-refractivity contribution is 5.77. The zero-order chi connectivity index (χ0) is 14.3. The number of rotatable bonds is 7. The molecular formula is C12H25N3O3. The first-order valence-electron chi connectivity index (χ1n) is 6.07. The summed E-state index contributed by atoms with van der Waals surface area (Å²) in [6.07, 6.45) is 0.850. The van der Waals surface area contributed by atoms with Gasteiger partial charge < -0.3 is 20.6 Å². The van der Waals surface area contributed by atoms with Gasteiger partial charge in [-0.05, 0) is 47.8 Å². The quantitative estimate of drug-likeness (QED) is 0.630. The molecule has 2 amide bonds. The van der Waals surface area contributed by atoms with Crippen LogP contribution in [0.15, 0.2) is 0 Å². The van der Waals surface area contributed by atoms with Crippen molar-refractivity contribution < 1.29 is 14.7 Å². The first kappa shape index (κ1) is 16.7. The lowest BCUT2D eigenvalue weighted by atomic mass is 9.94. The Hall–Kier alpha value is -1.30. The maximum absolute atomic E-state index is 11.5. The number of amides is 2. The summed E-state index contributed by atoms with van der Waals surface area (Å²) >= 11 is 0. The van der Waals surface area contributed by atoms with Crippen molar-refractivity contribution in [2.75, 3.05) is 27.2 Å². The molecule has 0 aromatic carbocycles. The molecule has 0 saturated heterocycles. The van der Waals surface area contributed by atoms with Crippen molar-refractivity contribution in [1.82, 2.24) is 15.5 Å². The Morgan fingerprint density at radius 3 is 2.33 bits per heavy atom. The van der Waals surface area contributed by atoms with Crippen LogP contribution in [0.25, 0.3) is 0 Å². The number of carbonyl (C=O) groups excluding carboxylic acids is 1. The van der Waals surface area contributed by atoms with Crippen LogP contribution in [0.5, 0.6) is 0 Å². The minimum Gasteiger partial charge on any atom is -0.481 e. The van der Waals surface area contributed by atoms with Crippen molar-refractivity contribution >= 4 is 12.0 Å². The smallest absolute Gasteiger partial charge is 0.315 e. The van der Waals surface area contributed by atoms with E-state index in [-0.39, 0.29) is 18.6 Å². The third-order valence-electron chi connectivity index (χ3n) is 2.66. The van der Waals surface area contributed by atoms with E-state index in [1.165, 1.54) is 0 Å². The fourth-order valence-electron chi connectivity index (χ4n) is 1.18. The van der Waals surface area contributed by atoms with E-state index < -0.39 is 11.4 Å². The molecule has 0 aromatic heterocycles. The molecule has 0 saturated carbocycles. The molecule has 6 nitrogen and oxygen atoms in total. The number of hydrogen-bond donors (Lipinski definition) is 3. The van der Waals surface area contributed by atoms with Crippen LogP contribution in [0.1, 0.15) is 27.2 Å². The minimum absolute atomic E-state index is 0.0559. The molecule has 1 unspecified atom stereocenters. The zero-order valence-corrected chi connectivity index (χ0v) is 11.9.